The molecule has 3 aliphatic rings. The predicted molar refractivity (Wildman–Crippen MR) is 102 cm³/mol. The molecule has 0 N–H and O–H groups in total. The lowest BCUT2D eigenvalue weighted by molar-refractivity contribution is -0.164. The number of hydrogen-bond donors (Lipinski definition) is 0. The Bertz CT molecular complexity index is 750. The van der Waals surface area contributed by atoms with Gasteiger partial charge in [0.15, 0.2) is 6.10 Å². The van der Waals surface area contributed by atoms with Gasteiger partial charge >= 0.3 is 5.97 Å². The summed E-state index contributed by atoms with van der Waals surface area (Å²) in [6.07, 6.45) is 2.28. The second-order valence-corrected chi connectivity index (χ2v) is 8.65. The van der Waals surface area contributed by atoms with Gasteiger partial charge in [-0.25, -0.2) is 4.79 Å². The maximum atomic E-state index is 12.8. The van der Waals surface area contributed by atoms with Gasteiger partial charge in [0.2, 0.25) is 5.91 Å². The minimum absolute atomic E-state index is 0.0238. The van der Waals surface area contributed by atoms with Crippen LogP contribution in [0.3, 0.4) is 0 Å². The molecule has 2 amide bonds. The van der Waals surface area contributed by atoms with Gasteiger partial charge in [0.1, 0.15) is 10.9 Å². The highest BCUT2D eigenvalue weighted by atomic mass is 32.2. The van der Waals surface area contributed by atoms with Crippen molar-refractivity contribution >= 4 is 29.5 Å². The molecule has 3 heterocycles. The molecule has 0 radical (unpaired) electrons. The number of rotatable bonds is 4. The van der Waals surface area contributed by atoms with Crippen molar-refractivity contribution in [2.45, 2.75) is 49.6 Å². The number of hydrogen-bond acceptors (Lipinski definition) is 5. The van der Waals surface area contributed by atoms with Crippen LogP contribution in [0.2, 0.25) is 0 Å². The van der Waals surface area contributed by atoms with E-state index in [-0.39, 0.29) is 11.8 Å². The van der Waals surface area contributed by atoms with Crippen LogP contribution in [0.25, 0.3) is 0 Å². The molecule has 1 aromatic carbocycles. The van der Waals surface area contributed by atoms with Gasteiger partial charge in [-0.05, 0) is 31.7 Å². The summed E-state index contributed by atoms with van der Waals surface area (Å²) in [6.45, 7) is 3.07. The first-order valence-corrected chi connectivity index (χ1v) is 10.5. The maximum Gasteiger partial charge on any atom is 0.330 e. The number of nitrogens with zero attached hydrogens (tertiary/aromatic N) is 2. The van der Waals surface area contributed by atoms with Crippen LogP contribution in [0.5, 0.6) is 0 Å². The lowest BCUT2D eigenvalue weighted by Crippen LogP contribution is -2.48. The normalized spacial score (nSPS) is 28.3. The summed E-state index contributed by atoms with van der Waals surface area (Å²) in [5, 5.41) is 0. The molecule has 4 rings (SSSR count). The number of ether oxygens (including phenoxy) is 1. The fraction of sp³-hybridized carbons (Fsp3) is 0.550. The lowest BCUT2D eigenvalue weighted by atomic mass is 10.0. The largest absolute Gasteiger partial charge is 0.451 e. The van der Waals surface area contributed by atoms with E-state index >= 15 is 0 Å². The Balaban J connectivity index is 1.50. The SMILES string of the molecule is C[C@H](OC(=O)[C@H]1CS[C@@]2(c3ccccc3)CCC(=O)N12)C(=O)N1CCCC1. The summed E-state index contributed by atoms with van der Waals surface area (Å²) in [4.78, 5) is 40.8. The average Bonchev–Trinajstić information content (AvgIpc) is 3.40. The zero-order chi connectivity index (χ0) is 19.0. The zero-order valence-corrected chi connectivity index (χ0v) is 16.2. The Labute approximate surface area is 163 Å². The molecular weight excluding hydrogens is 364 g/mol. The van der Waals surface area contributed by atoms with Gasteiger partial charge in [-0.3, -0.25) is 9.59 Å². The first-order valence-electron chi connectivity index (χ1n) is 9.54. The maximum absolute atomic E-state index is 12.8. The van der Waals surface area contributed by atoms with Crippen LogP contribution in [0.15, 0.2) is 30.3 Å². The first kappa shape index (κ1) is 18.3. The number of carbonyl (C=O) groups is 3. The molecule has 0 aliphatic carbocycles. The lowest BCUT2D eigenvalue weighted by Gasteiger charge is -2.34. The van der Waals surface area contributed by atoms with Crippen LogP contribution in [-0.2, 0) is 24.0 Å². The molecule has 0 aromatic heterocycles. The number of carbonyl (C=O) groups excluding carboxylic acids is 3. The molecule has 3 aliphatic heterocycles. The van der Waals surface area contributed by atoms with E-state index in [4.69, 9.17) is 4.74 Å². The van der Waals surface area contributed by atoms with Gasteiger partial charge < -0.3 is 14.5 Å². The highest BCUT2D eigenvalue weighted by Crippen LogP contribution is 2.54. The Hall–Kier alpha value is -2.02. The minimum atomic E-state index is -0.815. The molecule has 0 unspecified atom stereocenters. The van der Waals surface area contributed by atoms with E-state index in [0.29, 0.717) is 18.6 Å². The quantitative estimate of drug-likeness (QED) is 0.740. The van der Waals surface area contributed by atoms with E-state index in [1.165, 1.54) is 0 Å². The van der Waals surface area contributed by atoms with Crippen molar-refractivity contribution in [1.29, 1.82) is 0 Å². The Kier molecular flexibility index (Phi) is 4.88. The van der Waals surface area contributed by atoms with E-state index in [2.05, 4.69) is 0 Å². The Morgan fingerprint density at radius 3 is 2.63 bits per heavy atom. The molecule has 3 atom stereocenters. The molecule has 6 nitrogen and oxygen atoms in total. The number of esters is 1. The smallest absolute Gasteiger partial charge is 0.330 e. The van der Waals surface area contributed by atoms with Crippen LogP contribution < -0.4 is 0 Å². The zero-order valence-electron chi connectivity index (χ0n) is 15.4. The van der Waals surface area contributed by atoms with Crippen molar-refractivity contribution < 1.29 is 19.1 Å². The summed E-state index contributed by atoms with van der Waals surface area (Å²) < 4.78 is 5.51. The number of benzene rings is 1. The third-order valence-electron chi connectivity index (χ3n) is 5.68. The van der Waals surface area contributed by atoms with Gasteiger partial charge in [-0.1, -0.05) is 30.3 Å². The third-order valence-corrected chi connectivity index (χ3v) is 7.28. The molecule has 0 saturated carbocycles. The standard InChI is InChI=1S/C20H24N2O4S/c1-14(18(24)21-11-5-6-12-21)26-19(25)16-13-27-20(10-9-17(23)22(16)20)15-7-3-2-4-8-15/h2-4,7-8,14,16H,5-6,9-13H2,1H3/t14-,16+,20+/m0/s1. The molecule has 1 aromatic rings. The highest BCUT2D eigenvalue weighted by molar-refractivity contribution is 8.00. The van der Waals surface area contributed by atoms with E-state index in [0.717, 1.165) is 31.5 Å². The second kappa shape index (κ2) is 7.19. The number of amides is 2. The van der Waals surface area contributed by atoms with Gasteiger partial charge in [-0.2, -0.15) is 0 Å². The Morgan fingerprint density at radius 2 is 1.93 bits per heavy atom. The highest BCUT2D eigenvalue weighted by Gasteiger charge is 2.57. The van der Waals surface area contributed by atoms with Crippen LogP contribution in [-0.4, -0.2) is 58.6 Å². The van der Waals surface area contributed by atoms with Gasteiger partial charge in [0.05, 0.1) is 0 Å². The molecule has 144 valence electrons. The molecule has 3 saturated heterocycles. The summed E-state index contributed by atoms with van der Waals surface area (Å²) in [5.74, 6) is -0.155. The van der Waals surface area contributed by atoms with Crippen molar-refractivity contribution in [3.63, 3.8) is 0 Å². The van der Waals surface area contributed by atoms with Gasteiger partial charge in [-0.15, -0.1) is 11.8 Å². The van der Waals surface area contributed by atoms with Crippen molar-refractivity contribution in [1.82, 2.24) is 9.80 Å². The van der Waals surface area contributed by atoms with Crippen molar-refractivity contribution in [3.8, 4) is 0 Å². The molecule has 27 heavy (non-hydrogen) atoms. The summed E-state index contributed by atoms with van der Waals surface area (Å²) in [7, 11) is 0. The topological polar surface area (TPSA) is 66.9 Å². The first-order chi connectivity index (χ1) is 13.0. The number of likely N-dealkylation sites (tertiary alicyclic amines) is 1. The minimum Gasteiger partial charge on any atom is -0.451 e. The van der Waals surface area contributed by atoms with E-state index < -0.39 is 23.0 Å². The molecular formula is C20H24N2O4S. The summed E-state index contributed by atoms with van der Waals surface area (Å²) in [5.41, 5.74) is 1.04. The molecule has 0 spiro atoms. The van der Waals surface area contributed by atoms with Crippen LogP contribution in [0, 0.1) is 0 Å². The summed E-state index contributed by atoms with van der Waals surface area (Å²) >= 11 is 1.62. The second-order valence-electron chi connectivity index (χ2n) is 7.35. The summed E-state index contributed by atoms with van der Waals surface area (Å²) in [6, 6.07) is 9.22. The van der Waals surface area contributed by atoms with E-state index in [1.807, 2.05) is 30.3 Å². The predicted octanol–water partition coefficient (Wildman–Crippen LogP) is 2.13. The van der Waals surface area contributed by atoms with Crippen molar-refractivity contribution in [3.05, 3.63) is 35.9 Å². The van der Waals surface area contributed by atoms with E-state index in [9.17, 15) is 14.4 Å². The van der Waals surface area contributed by atoms with Crippen LogP contribution >= 0.6 is 11.8 Å². The van der Waals surface area contributed by atoms with Crippen molar-refractivity contribution in [2.24, 2.45) is 0 Å². The fourth-order valence-corrected chi connectivity index (χ4v) is 5.95. The van der Waals surface area contributed by atoms with E-state index in [1.54, 1.807) is 28.5 Å². The van der Waals surface area contributed by atoms with Crippen LogP contribution in [0.4, 0.5) is 0 Å². The molecule has 3 fully saturated rings. The van der Waals surface area contributed by atoms with Gasteiger partial charge in [0, 0.05) is 25.3 Å². The van der Waals surface area contributed by atoms with Crippen molar-refractivity contribution in [2.75, 3.05) is 18.8 Å². The van der Waals surface area contributed by atoms with Crippen LogP contribution in [0.1, 0.15) is 38.2 Å². The molecule has 7 heteroatoms. The Morgan fingerprint density at radius 1 is 1.22 bits per heavy atom. The fourth-order valence-electron chi connectivity index (χ4n) is 4.31. The monoisotopic (exact) mass is 388 g/mol. The number of thioether (sulfide) groups is 1. The third kappa shape index (κ3) is 3.12. The number of fused-ring (bicyclic) bond motifs is 1. The average molecular weight is 388 g/mol. The molecule has 0 bridgehead atoms. The van der Waals surface area contributed by atoms with Gasteiger partial charge in [0.25, 0.3) is 5.91 Å².